The number of hydrogen-bond acceptors (Lipinski definition) is 2. The van der Waals surface area contributed by atoms with Crippen LogP contribution >= 0.6 is 23.2 Å². The lowest BCUT2D eigenvalue weighted by atomic mass is 10.3. The lowest BCUT2D eigenvalue weighted by Gasteiger charge is -2.00. The van der Waals surface area contributed by atoms with Crippen molar-refractivity contribution in [1.82, 2.24) is 0 Å². The molecule has 2 aromatic rings. The molecule has 0 unspecified atom stereocenters. The largest absolute Gasteiger partial charge is 0.508 e. The summed E-state index contributed by atoms with van der Waals surface area (Å²) in [4.78, 5) is 0. The van der Waals surface area contributed by atoms with Crippen LogP contribution in [0.1, 0.15) is 0 Å². The number of benzene rings is 2. The highest BCUT2D eigenvalue weighted by atomic mass is 35.5. The molecular weight excluding hydrogens is 342 g/mol. The Kier molecular flexibility index (Phi) is 5.62. The summed E-state index contributed by atoms with van der Waals surface area (Å²) in [5.74, 6) is -12.8. The monoisotopic (exact) mass is 346 g/mol. The summed E-state index contributed by atoms with van der Waals surface area (Å²) in [5.41, 5.74) is 0. The predicted molar refractivity (Wildman–Crippen MR) is 66.0 cm³/mol. The van der Waals surface area contributed by atoms with E-state index in [0.717, 1.165) is 0 Å². The lowest BCUT2D eigenvalue weighted by molar-refractivity contribution is 0.325. The van der Waals surface area contributed by atoms with Gasteiger partial charge in [0.05, 0.1) is 0 Å². The molecule has 0 aliphatic rings. The van der Waals surface area contributed by atoms with Crippen LogP contribution in [0.5, 0.6) is 11.5 Å². The molecule has 2 aromatic carbocycles. The molecule has 0 atom stereocenters. The number of phenolic OH excluding ortho intramolecular Hbond substituents is 2. The number of halogens is 7. The van der Waals surface area contributed by atoms with E-state index in [0.29, 0.717) is 10.0 Å². The fourth-order valence-corrected chi connectivity index (χ4v) is 1.65. The summed E-state index contributed by atoms with van der Waals surface area (Å²) in [7, 11) is 0. The maximum absolute atomic E-state index is 12.2. The second-order valence-corrected chi connectivity index (χ2v) is 4.42. The first-order valence-electron chi connectivity index (χ1n) is 5.00. The first-order valence-corrected chi connectivity index (χ1v) is 5.76. The Morgan fingerprint density at radius 2 is 0.952 bits per heavy atom. The fraction of sp³-hybridized carbons (Fsp3) is 0. The van der Waals surface area contributed by atoms with Crippen LogP contribution in [-0.2, 0) is 0 Å². The summed E-state index contributed by atoms with van der Waals surface area (Å²) in [6.07, 6.45) is 0. The minimum atomic E-state index is -2.29. The third-order valence-corrected chi connectivity index (χ3v) is 2.47. The molecule has 0 bridgehead atoms. The number of rotatable bonds is 0. The Morgan fingerprint density at radius 1 is 0.619 bits per heavy atom. The quantitative estimate of drug-likeness (QED) is 0.409. The van der Waals surface area contributed by atoms with Crippen molar-refractivity contribution in [1.29, 1.82) is 0 Å². The Hall–Kier alpha value is -1.73. The molecule has 9 heteroatoms. The summed E-state index contributed by atoms with van der Waals surface area (Å²) in [6.45, 7) is 0. The average Bonchev–Trinajstić information content (AvgIpc) is 2.40. The smallest absolute Gasteiger partial charge is 0.206 e. The van der Waals surface area contributed by atoms with E-state index in [2.05, 4.69) is 0 Å². The molecule has 0 aromatic heterocycles. The minimum Gasteiger partial charge on any atom is -0.508 e. The molecule has 2 nitrogen and oxygen atoms in total. The van der Waals surface area contributed by atoms with E-state index in [1.165, 1.54) is 12.1 Å². The van der Waals surface area contributed by atoms with Crippen molar-refractivity contribution < 1.29 is 32.2 Å². The summed E-state index contributed by atoms with van der Waals surface area (Å²) in [5, 5.41) is 18.0. The van der Waals surface area contributed by atoms with Crippen molar-refractivity contribution in [3.63, 3.8) is 0 Å². The number of hydrogen-bond donors (Lipinski definition) is 2. The Balaban J connectivity index is 0.000000219. The molecule has 0 spiro atoms. The molecule has 0 saturated heterocycles. The van der Waals surface area contributed by atoms with Gasteiger partial charge in [0.25, 0.3) is 0 Å². The molecule has 0 aliphatic carbocycles. The maximum atomic E-state index is 12.2. The van der Waals surface area contributed by atoms with Crippen molar-refractivity contribution in [3.8, 4) is 11.5 Å². The van der Waals surface area contributed by atoms with E-state index in [4.69, 9.17) is 33.4 Å². The van der Waals surface area contributed by atoms with Gasteiger partial charge in [-0.1, -0.05) is 23.2 Å². The van der Waals surface area contributed by atoms with Crippen LogP contribution in [0, 0.1) is 29.1 Å². The third-order valence-electron chi connectivity index (χ3n) is 2.03. The van der Waals surface area contributed by atoms with E-state index < -0.39 is 34.8 Å². The van der Waals surface area contributed by atoms with Gasteiger partial charge in [0.2, 0.25) is 29.1 Å². The van der Waals surface area contributed by atoms with Gasteiger partial charge in [-0.15, -0.1) is 0 Å². The van der Waals surface area contributed by atoms with E-state index in [9.17, 15) is 22.0 Å². The summed E-state index contributed by atoms with van der Waals surface area (Å²) >= 11 is 11.0. The SMILES string of the molecule is Oc1c(F)c(F)c(F)c(F)c1F.Oc1cc(Cl)cc(Cl)c1. The van der Waals surface area contributed by atoms with Gasteiger partial charge in [0, 0.05) is 10.0 Å². The van der Waals surface area contributed by atoms with Crippen molar-refractivity contribution in [2.24, 2.45) is 0 Å². The van der Waals surface area contributed by atoms with Gasteiger partial charge < -0.3 is 10.2 Å². The second kappa shape index (κ2) is 6.82. The van der Waals surface area contributed by atoms with Crippen molar-refractivity contribution >= 4 is 23.2 Å². The van der Waals surface area contributed by atoms with E-state index in [1.54, 1.807) is 6.07 Å². The third kappa shape index (κ3) is 4.12. The first kappa shape index (κ1) is 17.3. The van der Waals surface area contributed by atoms with E-state index in [-0.39, 0.29) is 5.75 Å². The zero-order valence-electron chi connectivity index (χ0n) is 9.77. The van der Waals surface area contributed by atoms with Crippen LogP contribution in [0.4, 0.5) is 22.0 Å². The molecule has 0 fully saturated rings. The summed E-state index contributed by atoms with van der Waals surface area (Å²) < 4.78 is 60.6. The van der Waals surface area contributed by atoms with Crippen LogP contribution < -0.4 is 0 Å². The highest BCUT2D eigenvalue weighted by Gasteiger charge is 2.24. The van der Waals surface area contributed by atoms with Crippen molar-refractivity contribution in [3.05, 3.63) is 57.3 Å². The minimum absolute atomic E-state index is 0.0903. The zero-order chi connectivity index (χ0) is 16.3. The van der Waals surface area contributed by atoms with Crippen molar-refractivity contribution in [2.75, 3.05) is 0 Å². The standard InChI is InChI=1S/C6H4Cl2O.C6HF5O/c7-4-1-5(8)3-6(9)2-4;7-1-2(8)4(10)6(12)5(11)3(1)9/h1-3,9H;12H. The topological polar surface area (TPSA) is 40.5 Å². The van der Waals surface area contributed by atoms with E-state index >= 15 is 0 Å². The van der Waals surface area contributed by atoms with Gasteiger partial charge in [-0.2, -0.15) is 8.78 Å². The molecule has 2 N–H and O–H groups in total. The van der Waals surface area contributed by atoms with Crippen LogP contribution in [-0.4, -0.2) is 10.2 Å². The molecule has 2 rings (SSSR count). The van der Waals surface area contributed by atoms with Crippen LogP contribution in [0.15, 0.2) is 18.2 Å². The summed E-state index contributed by atoms with van der Waals surface area (Å²) in [6, 6.07) is 4.41. The molecule has 0 radical (unpaired) electrons. The number of aromatic hydroxyl groups is 2. The maximum Gasteiger partial charge on any atom is 0.206 e. The van der Waals surface area contributed by atoms with Gasteiger partial charge in [0.1, 0.15) is 5.75 Å². The van der Waals surface area contributed by atoms with Crippen LogP contribution in [0.2, 0.25) is 10.0 Å². The Labute approximate surface area is 125 Å². The average molecular weight is 347 g/mol. The molecular formula is C12H5Cl2F5O2. The molecule has 0 aliphatic heterocycles. The fourth-order valence-electron chi connectivity index (χ4n) is 1.13. The molecule has 21 heavy (non-hydrogen) atoms. The number of phenols is 2. The van der Waals surface area contributed by atoms with Crippen LogP contribution in [0.3, 0.4) is 0 Å². The molecule has 114 valence electrons. The molecule has 0 heterocycles. The molecule has 0 amide bonds. The van der Waals surface area contributed by atoms with Gasteiger partial charge in [0.15, 0.2) is 5.75 Å². The molecule has 0 saturated carbocycles. The predicted octanol–water partition coefficient (Wildman–Crippen LogP) is 4.79. The Bertz CT molecular complexity index is 524. The van der Waals surface area contributed by atoms with E-state index in [1.807, 2.05) is 0 Å². The normalized spacial score (nSPS) is 10.0. The van der Waals surface area contributed by atoms with Crippen LogP contribution in [0.25, 0.3) is 0 Å². The van der Waals surface area contributed by atoms with Gasteiger partial charge in [-0.25, -0.2) is 13.2 Å². The zero-order valence-corrected chi connectivity index (χ0v) is 11.3. The van der Waals surface area contributed by atoms with Gasteiger partial charge >= 0.3 is 0 Å². The lowest BCUT2D eigenvalue weighted by Crippen LogP contribution is -2.00. The van der Waals surface area contributed by atoms with Crippen molar-refractivity contribution in [2.45, 2.75) is 0 Å². The van der Waals surface area contributed by atoms with Gasteiger partial charge in [-0.05, 0) is 18.2 Å². The highest BCUT2D eigenvalue weighted by molar-refractivity contribution is 6.34. The van der Waals surface area contributed by atoms with Gasteiger partial charge in [-0.3, -0.25) is 0 Å². The first-order chi connectivity index (χ1) is 9.65. The highest BCUT2D eigenvalue weighted by Crippen LogP contribution is 2.27. The Morgan fingerprint density at radius 3 is 1.29 bits per heavy atom. The second-order valence-electron chi connectivity index (χ2n) is 3.55.